The molecule has 0 aliphatic carbocycles. The maximum absolute atomic E-state index is 13.1. The quantitative estimate of drug-likeness (QED) is 0.321. The summed E-state index contributed by atoms with van der Waals surface area (Å²) >= 11 is 0. The highest BCUT2D eigenvalue weighted by Gasteiger charge is 2.48. The number of rotatable bonds is 2. The van der Waals surface area contributed by atoms with Gasteiger partial charge in [0.25, 0.3) is 5.91 Å². The van der Waals surface area contributed by atoms with E-state index >= 15 is 0 Å². The average molecular weight is 346 g/mol. The van der Waals surface area contributed by atoms with Crippen molar-refractivity contribution in [2.75, 3.05) is 0 Å². The summed E-state index contributed by atoms with van der Waals surface area (Å²) in [6.45, 7) is 7.88. The number of nitrogens with two attached hydrogens (primary N) is 1. The molecule has 1 aliphatic rings. The van der Waals surface area contributed by atoms with Gasteiger partial charge in [-0.25, -0.2) is 5.84 Å². The molecule has 2 rings (SSSR count). The van der Waals surface area contributed by atoms with Gasteiger partial charge in [0, 0.05) is 22.7 Å². The van der Waals surface area contributed by atoms with Crippen molar-refractivity contribution < 1.29 is 14.4 Å². The van der Waals surface area contributed by atoms with Crippen LogP contribution in [0.1, 0.15) is 50.9 Å². The van der Waals surface area contributed by atoms with Crippen LogP contribution in [-0.4, -0.2) is 39.7 Å². The summed E-state index contributed by atoms with van der Waals surface area (Å²) in [5.41, 5.74) is 1.47. The molecule has 7 heteroatoms. The van der Waals surface area contributed by atoms with E-state index in [4.69, 9.17) is 5.84 Å². The SMILES string of the molecule is CC1(C)CC(NC(=O)C(=O)NN)CC(C)(C)N1C(=O)c1ccccc1. The molecular formula is C18H26N4O3. The Kier molecular flexibility index (Phi) is 5.17. The second kappa shape index (κ2) is 6.84. The topological polar surface area (TPSA) is 105 Å². The second-order valence-corrected chi connectivity index (χ2v) is 7.68. The van der Waals surface area contributed by atoms with Gasteiger partial charge in [-0.05, 0) is 52.7 Å². The number of carbonyl (C=O) groups is 3. The fraction of sp³-hybridized carbons (Fsp3) is 0.500. The molecule has 7 nitrogen and oxygen atoms in total. The number of hydrogen-bond acceptors (Lipinski definition) is 4. The van der Waals surface area contributed by atoms with Gasteiger partial charge < -0.3 is 10.2 Å². The zero-order valence-electron chi connectivity index (χ0n) is 15.1. The lowest BCUT2D eigenvalue weighted by molar-refractivity contribution is -0.140. The summed E-state index contributed by atoms with van der Waals surface area (Å²) in [5.74, 6) is 3.32. The number of amides is 3. The Hall–Kier alpha value is -2.41. The highest BCUT2D eigenvalue weighted by atomic mass is 16.2. The van der Waals surface area contributed by atoms with Crippen molar-refractivity contribution in [1.82, 2.24) is 15.6 Å². The van der Waals surface area contributed by atoms with Crippen LogP contribution in [0.3, 0.4) is 0 Å². The molecule has 0 atom stereocenters. The lowest BCUT2D eigenvalue weighted by atomic mass is 9.76. The van der Waals surface area contributed by atoms with Crippen LogP contribution in [-0.2, 0) is 9.59 Å². The summed E-state index contributed by atoms with van der Waals surface area (Å²) < 4.78 is 0. The first-order valence-electron chi connectivity index (χ1n) is 8.29. The van der Waals surface area contributed by atoms with Crippen LogP contribution in [0.4, 0.5) is 0 Å². The van der Waals surface area contributed by atoms with E-state index in [1.165, 1.54) is 0 Å². The number of hydrogen-bond donors (Lipinski definition) is 3. The molecule has 136 valence electrons. The third-order valence-electron chi connectivity index (χ3n) is 4.60. The minimum atomic E-state index is -0.876. The van der Waals surface area contributed by atoms with Gasteiger partial charge in [0.1, 0.15) is 0 Å². The molecule has 0 bridgehead atoms. The standard InChI is InChI=1S/C18H26N4O3/c1-17(2)10-13(20-14(23)15(24)21-19)11-18(3,4)22(17)16(25)12-8-6-5-7-9-12/h5-9,13H,10-11,19H2,1-4H3,(H,20,23)(H,21,24). The van der Waals surface area contributed by atoms with Gasteiger partial charge in [0.05, 0.1) is 0 Å². The zero-order valence-corrected chi connectivity index (χ0v) is 15.1. The molecule has 0 spiro atoms. The van der Waals surface area contributed by atoms with E-state index in [0.29, 0.717) is 18.4 Å². The van der Waals surface area contributed by atoms with Crippen molar-refractivity contribution in [3.8, 4) is 0 Å². The van der Waals surface area contributed by atoms with E-state index in [1.807, 2.05) is 56.2 Å². The first-order chi connectivity index (χ1) is 11.6. The number of nitrogens with zero attached hydrogens (tertiary/aromatic N) is 1. The third kappa shape index (κ3) is 3.99. The maximum atomic E-state index is 13.1. The minimum absolute atomic E-state index is 0.0416. The van der Waals surface area contributed by atoms with E-state index in [-0.39, 0.29) is 11.9 Å². The zero-order chi connectivity index (χ0) is 18.8. The molecule has 1 aromatic rings. The normalized spacial score (nSPS) is 19.2. The summed E-state index contributed by atoms with van der Waals surface area (Å²) in [5, 5.41) is 2.71. The fourth-order valence-corrected chi connectivity index (χ4v) is 3.96. The molecular weight excluding hydrogens is 320 g/mol. The van der Waals surface area contributed by atoms with Gasteiger partial charge in [-0.1, -0.05) is 18.2 Å². The molecule has 0 aromatic heterocycles. The van der Waals surface area contributed by atoms with Gasteiger partial charge in [0.2, 0.25) is 0 Å². The predicted octanol–water partition coefficient (Wildman–Crippen LogP) is 0.955. The number of carbonyl (C=O) groups excluding carboxylic acids is 3. The Balaban J connectivity index is 2.24. The van der Waals surface area contributed by atoms with Crippen molar-refractivity contribution in [2.24, 2.45) is 5.84 Å². The average Bonchev–Trinajstić information content (AvgIpc) is 2.52. The highest BCUT2D eigenvalue weighted by Crippen LogP contribution is 2.39. The number of benzene rings is 1. The largest absolute Gasteiger partial charge is 0.345 e. The van der Waals surface area contributed by atoms with E-state index in [0.717, 1.165) is 0 Å². The summed E-state index contributed by atoms with van der Waals surface area (Å²) in [6.07, 6.45) is 1.08. The smallest absolute Gasteiger partial charge is 0.323 e. The monoisotopic (exact) mass is 346 g/mol. The number of hydrazine groups is 1. The first kappa shape index (κ1) is 18.9. The molecule has 0 saturated carbocycles. The Labute approximate surface area is 147 Å². The summed E-state index contributed by atoms with van der Waals surface area (Å²) in [4.78, 5) is 38.1. The molecule has 0 unspecified atom stereocenters. The van der Waals surface area contributed by atoms with Gasteiger partial charge in [-0.3, -0.25) is 19.8 Å². The van der Waals surface area contributed by atoms with Crippen molar-refractivity contribution >= 4 is 17.7 Å². The van der Waals surface area contributed by atoms with Gasteiger partial charge >= 0.3 is 11.8 Å². The van der Waals surface area contributed by atoms with Crippen LogP contribution >= 0.6 is 0 Å². The lowest BCUT2D eigenvalue weighted by Crippen LogP contribution is -2.66. The second-order valence-electron chi connectivity index (χ2n) is 7.68. The third-order valence-corrected chi connectivity index (χ3v) is 4.60. The van der Waals surface area contributed by atoms with Crippen LogP contribution in [0.2, 0.25) is 0 Å². The van der Waals surface area contributed by atoms with Crippen LogP contribution < -0.4 is 16.6 Å². The van der Waals surface area contributed by atoms with E-state index in [2.05, 4.69) is 5.32 Å². The predicted molar refractivity (Wildman–Crippen MR) is 94.3 cm³/mol. The Morgan fingerprint density at radius 3 is 2.00 bits per heavy atom. The first-order valence-corrected chi connectivity index (χ1v) is 8.29. The van der Waals surface area contributed by atoms with E-state index in [9.17, 15) is 14.4 Å². The number of nitrogens with one attached hydrogen (secondary N) is 2. The van der Waals surface area contributed by atoms with Crippen molar-refractivity contribution in [3.63, 3.8) is 0 Å². The molecule has 1 heterocycles. The number of piperidine rings is 1. The van der Waals surface area contributed by atoms with Gasteiger partial charge in [-0.2, -0.15) is 0 Å². The van der Waals surface area contributed by atoms with E-state index < -0.39 is 22.9 Å². The Bertz CT molecular complexity index is 652. The van der Waals surface area contributed by atoms with Crippen molar-refractivity contribution in [2.45, 2.75) is 57.7 Å². The molecule has 25 heavy (non-hydrogen) atoms. The van der Waals surface area contributed by atoms with Crippen LogP contribution in [0, 0.1) is 0 Å². The van der Waals surface area contributed by atoms with Gasteiger partial charge in [0.15, 0.2) is 0 Å². The number of likely N-dealkylation sites (tertiary alicyclic amines) is 1. The van der Waals surface area contributed by atoms with Gasteiger partial charge in [-0.15, -0.1) is 0 Å². The molecule has 3 amide bonds. The summed E-state index contributed by atoms with van der Waals surface area (Å²) in [7, 11) is 0. The molecule has 0 radical (unpaired) electrons. The molecule has 1 aliphatic heterocycles. The highest BCUT2D eigenvalue weighted by molar-refractivity contribution is 6.34. The lowest BCUT2D eigenvalue weighted by Gasteiger charge is -2.55. The maximum Gasteiger partial charge on any atom is 0.323 e. The van der Waals surface area contributed by atoms with Crippen molar-refractivity contribution in [3.05, 3.63) is 35.9 Å². The molecule has 1 fully saturated rings. The Morgan fingerprint density at radius 1 is 1.00 bits per heavy atom. The fourth-order valence-electron chi connectivity index (χ4n) is 3.96. The van der Waals surface area contributed by atoms with Crippen molar-refractivity contribution in [1.29, 1.82) is 0 Å². The van der Waals surface area contributed by atoms with Crippen LogP contribution in [0.15, 0.2) is 30.3 Å². The Morgan fingerprint density at radius 2 is 1.52 bits per heavy atom. The molecule has 1 saturated heterocycles. The molecule has 4 N–H and O–H groups in total. The summed E-state index contributed by atoms with van der Waals surface area (Å²) in [6, 6.07) is 8.92. The van der Waals surface area contributed by atoms with Crippen LogP contribution in [0.25, 0.3) is 0 Å². The molecule has 1 aromatic carbocycles. The van der Waals surface area contributed by atoms with Crippen LogP contribution in [0.5, 0.6) is 0 Å². The van der Waals surface area contributed by atoms with E-state index in [1.54, 1.807) is 12.1 Å². The minimum Gasteiger partial charge on any atom is -0.345 e.